The minimum Gasteiger partial charge on any atom is -0.389 e. The van der Waals surface area contributed by atoms with Crippen LogP contribution in [0.5, 0.6) is 0 Å². The lowest BCUT2D eigenvalue weighted by Crippen LogP contribution is -2.35. The summed E-state index contributed by atoms with van der Waals surface area (Å²) < 4.78 is 24.3. The molecule has 2 rings (SSSR count). The van der Waals surface area contributed by atoms with Gasteiger partial charge in [0.25, 0.3) is 0 Å². The highest BCUT2D eigenvalue weighted by Gasteiger charge is 2.29. The molecule has 9 heteroatoms. The van der Waals surface area contributed by atoms with Gasteiger partial charge in [0.1, 0.15) is 4.99 Å². The SMILES string of the molecule is NC(=S)c1ccc(S(=O)(=O)CCN2C(=O)CNC2=O)cc1. The number of hydrogen-bond donors (Lipinski definition) is 2. The van der Waals surface area contributed by atoms with Gasteiger partial charge in [-0.3, -0.25) is 9.69 Å². The van der Waals surface area contributed by atoms with Crippen molar-refractivity contribution in [1.29, 1.82) is 0 Å². The van der Waals surface area contributed by atoms with Crippen molar-refractivity contribution in [3.63, 3.8) is 0 Å². The third-order valence-corrected chi connectivity index (χ3v) is 4.96. The molecule has 7 nitrogen and oxygen atoms in total. The number of thiocarbonyl (C=S) groups is 1. The number of nitrogens with one attached hydrogen (secondary N) is 1. The molecule has 21 heavy (non-hydrogen) atoms. The largest absolute Gasteiger partial charge is 0.389 e. The van der Waals surface area contributed by atoms with Crippen molar-refractivity contribution in [3.05, 3.63) is 29.8 Å². The van der Waals surface area contributed by atoms with E-state index in [1.165, 1.54) is 24.3 Å². The van der Waals surface area contributed by atoms with Gasteiger partial charge in [-0.25, -0.2) is 13.2 Å². The highest BCUT2D eigenvalue weighted by molar-refractivity contribution is 7.91. The lowest BCUT2D eigenvalue weighted by Gasteiger charge is -2.12. The molecule has 1 aliphatic heterocycles. The molecular weight excluding hydrogens is 314 g/mol. The Hall–Kier alpha value is -2.00. The smallest absolute Gasteiger partial charge is 0.324 e. The molecule has 0 saturated carbocycles. The van der Waals surface area contributed by atoms with Crippen LogP contribution in [0.4, 0.5) is 4.79 Å². The predicted molar refractivity (Wildman–Crippen MR) is 79.5 cm³/mol. The Kier molecular flexibility index (Phi) is 4.24. The van der Waals surface area contributed by atoms with Gasteiger partial charge in [-0.2, -0.15) is 0 Å². The molecule has 0 aromatic heterocycles. The van der Waals surface area contributed by atoms with E-state index in [4.69, 9.17) is 18.0 Å². The van der Waals surface area contributed by atoms with Gasteiger partial charge < -0.3 is 11.1 Å². The fraction of sp³-hybridized carbons (Fsp3) is 0.250. The number of amides is 3. The van der Waals surface area contributed by atoms with Crippen molar-refractivity contribution in [3.8, 4) is 0 Å². The van der Waals surface area contributed by atoms with E-state index in [1.54, 1.807) is 0 Å². The minimum absolute atomic E-state index is 0.0922. The van der Waals surface area contributed by atoms with Gasteiger partial charge in [-0.05, 0) is 12.1 Å². The predicted octanol–water partition coefficient (Wildman–Crippen LogP) is -0.354. The normalized spacial score (nSPS) is 15.1. The van der Waals surface area contributed by atoms with Crippen LogP contribution >= 0.6 is 12.2 Å². The summed E-state index contributed by atoms with van der Waals surface area (Å²) in [6, 6.07) is 5.26. The van der Waals surface area contributed by atoms with Crippen LogP contribution in [-0.2, 0) is 14.6 Å². The van der Waals surface area contributed by atoms with Crippen molar-refractivity contribution >= 4 is 39.0 Å². The van der Waals surface area contributed by atoms with Gasteiger partial charge in [0.05, 0.1) is 17.2 Å². The molecule has 3 amide bonds. The first-order chi connectivity index (χ1) is 9.81. The number of benzene rings is 1. The molecule has 1 fully saturated rings. The molecule has 1 aromatic rings. The van der Waals surface area contributed by atoms with E-state index in [0.29, 0.717) is 5.56 Å². The molecule has 1 heterocycles. The summed E-state index contributed by atoms with van der Waals surface area (Å²) in [7, 11) is -3.60. The van der Waals surface area contributed by atoms with Crippen LogP contribution in [-0.4, -0.2) is 49.1 Å². The number of urea groups is 1. The zero-order chi connectivity index (χ0) is 15.6. The van der Waals surface area contributed by atoms with Gasteiger partial charge in [-0.15, -0.1) is 0 Å². The Morgan fingerprint density at radius 3 is 2.38 bits per heavy atom. The number of rotatable bonds is 5. The fourth-order valence-electron chi connectivity index (χ4n) is 1.84. The Labute approximate surface area is 127 Å². The van der Waals surface area contributed by atoms with Crippen molar-refractivity contribution in [1.82, 2.24) is 10.2 Å². The molecule has 0 aliphatic carbocycles. The van der Waals surface area contributed by atoms with E-state index in [1.807, 2.05) is 0 Å². The first-order valence-electron chi connectivity index (χ1n) is 6.02. The second kappa shape index (κ2) is 5.78. The average Bonchev–Trinajstić information content (AvgIpc) is 2.76. The number of carbonyl (C=O) groups is 2. The molecule has 1 saturated heterocycles. The second-order valence-corrected chi connectivity index (χ2v) is 6.96. The van der Waals surface area contributed by atoms with E-state index < -0.39 is 21.8 Å². The molecule has 0 radical (unpaired) electrons. The zero-order valence-electron chi connectivity index (χ0n) is 10.9. The number of sulfone groups is 1. The summed E-state index contributed by atoms with van der Waals surface area (Å²) in [5.74, 6) is -0.766. The monoisotopic (exact) mass is 327 g/mol. The van der Waals surface area contributed by atoms with Crippen LogP contribution in [0, 0.1) is 0 Å². The summed E-state index contributed by atoms with van der Waals surface area (Å²) in [5.41, 5.74) is 6.01. The molecular formula is C12H13N3O4S2. The summed E-state index contributed by atoms with van der Waals surface area (Å²) in [4.78, 5) is 23.9. The topological polar surface area (TPSA) is 110 Å². The quantitative estimate of drug-likeness (QED) is 0.565. The number of nitrogens with zero attached hydrogens (tertiary/aromatic N) is 1. The van der Waals surface area contributed by atoms with Gasteiger partial charge in [0.15, 0.2) is 9.84 Å². The van der Waals surface area contributed by atoms with Gasteiger partial charge in [-0.1, -0.05) is 24.4 Å². The number of imide groups is 1. The Balaban J connectivity index is 2.09. The molecule has 1 aliphatic rings. The molecule has 0 spiro atoms. The van der Waals surface area contributed by atoms with Gasteiger partial charge in [0.2, 0.25) is 5.91 Å². The number of carbonyl (C=O) groups excluding carboxylic acids is 2. The summed E-state index contributed by atoms with van der Waals surface area (Å²) in [6.07, 6.45) is 0. The molecule has 1 aromatic carbocycles. The molecule has 0 atom stereocenters. The summed E-state index contributed by atoms with van der Waals surface area (Å²) >= 11 is 4.79. The lowest BCUT2D eigenvalue weighted by atomic mass is 10.2. The van der Waals surface area contributed by atoms with E-state index >= 15 is 0 Å². The van der Waals surface area contributed by atoms with Crippen LogP contribution in [0.2, 0.25) is 0 Å². The Morgan fingerprint density at radius 1 is 1.29 bits per heavy atom. The molecule has 0 unspecified atom stereocenters. The summed E-state index contributed by atoms with van der Waals surface area (Å²) in [6.45, 7) is -0.272. The zero-order valence-corrected chi connectivity index (χ0v) is 12.5. The van der Waals surface area contributed by atoms with Crippen molar-refractivity contribution < 1.29 is 18.0 Å². The number of nitrogens with two attached hydrogens (primary N) is 1. The average molecular weight is 327 g/mol. The van der Waals surface area contributed by atoms with E-state index in [9.17, 15) is 18.0 Å². The van der Waals surface area contributed by atoms with E-state index in [-0.39, 0.29) is 28.7 Å². The highest BCUT2D eigenvalue weighted by Crippen LogP contribution is 2.13. The van der Waals surface area contributed by atoms with Gasteiger partial charge >= 0.3 is 6.03 Å². The third kappa shape index (κ3) is 3.37. The van der Waals surface area contributed by atoms with Crippen LogP contribution < -0.4 is 11.1 Å². The lowest BCUT2D eigenvalue weighted by molar-refractivity contribution is -0.124. The Bertz CT molecular complexity index is 682. The van der Waals surface area contributed by atoms with Gasteiger partial charge in [0, 0.05) is 12.1 Å². The van der Waals surface area contributed by atoms with Crippen LogP contribution in [0.3, 0.4) is 0 Å². The molecule has 3 N–H and O–H groups in total. The Morgan fingerprint density at radius 2 is 1.90 bits per heavy atom. The molecule has 0 bridgehead atoms. The van der Waals surface area contributed by atoms with Crippen LogP contribution in [0.1, 0.15) is 5.56 Å². The van der Waals surface area contributed by atoms with Crippen molar-refractivity contribution in [2.24, 2.45) is 5.73 Å². The first-order valence-corrected chi connectivity index (χ1v) is 8.08. The van der Waals surface area contributed by atoms with Crippen molar-refractivity contribution in [2.75, 3.05) is 18.8 Å². The van der Waals surface area contributed by atoms with E-state index in [0.717, 1.165) is 4.90 Å². The van der Waals surface area contributed by atoms with Crippen LogP contribution in [0.15, 0.2) is 29.2 Å². The third-order valence-electron chi connectivity index (χ3n) is 3.02. The maximum absolute atomic E-state index is 12.1. The van der Waals surface area contributed by atoms with E-state index in [2.05, 4.69) is 5.32 Å². The second-order valence-electron chi connectivity index (χ2n) is 4.41. The number of hydrogen-bond acceptors (Lipinski definition) is 5. The summed E-state index contributed by atoms with van der Waals surface area (Å²) in [5, 5.41) is 2.33. The first kappa shape index (κ1) is 15.4. The molecule has 112 valence electrons. The minimum atomic E-state index is -3.60. The van der Waals surface area contributed by atoms with Crippen molar-refractivity contribution in [2.45, 2.75) is 4.90 Å². The maximum atomic E-state index is 12.1. The maximum Gasteiger partial charge on any atom is 0.324 e. The van der Waals surface area contributed by atoms with Crippen LogP contribution in [0.25, 0.3) is 0 Å². The fourth-order valence-corrected chi connectivity index (χ4v) is 3.18. The standard InChI is InChI=1S/C12H13N3O4S2/c13-11(20)8-1-3-9(4-2-8)21(18,19)6-5-15-10(16)7-14-12(15)17/h1-4H,5-7H2,(H2,13,20)(H,14,17). The highest BCUT2D eigenvalue weighted by atomic mass is 32.2.